The molecular weight excluding hydrogens is 1080 g/mol. The fourth-order valence-electron chi connectivity index (χ4n) is 10.7. The topological polar surface area (TPSA) is 0 Å². The van der Waals surface area contributed by atoms with Gasteiger partial charge in [0, 0.05) is 0 Å². The molecule has 0 unspecified atom stereocenters. The van der Waals surface area contributed by atoms with Gasteiger partial charge < -0.3 is 0 Å². The van der Waals surface area contributed by atoms with Gasteiger partial charge in [0.15, 0.2) is 0 Å². The molecule has 0 aliphatic heterocycles. The number of hydrogen-bond acceptors (Lipinski definition) is 0. The molecule has 0 nitrogen and oxygen atoms in total. The van der Waals surface area contributed by atoms with Gasteiger partial charge in [-0.25, -0.2) is 0 Å². The third kappa shape index (κ3) is 22.3. The number of hydrogen-bond donors (Lipinski definition) is 0. The molecule has 0 aliphatic carbocycles. The molecule has 0 fully saturated rings. The Kier molecular flexibility index (Phi) is 28.3. The van der Waals surface area contributed by atoms with Gasteiger partial charge in [-0.05, 0) is 274 Å². The van der Waals surface area contributed by atoms with Gasteiger partial charge in [0.2, 0.25) is 0 Å². The van der Waals surface area contributed by atoms with Crippen molar-refractivity contribution in [1.82, 2.24) is 0 Å². The van der Waals surface area contributed by atoms with Gasteiger partial charge in [0.05, 0.1) is 0 Å². The Morgan fingerprint density at radius 3 is 0.678 bits per heavy atom. The number of benzene rings is 12. The van der Waals surface area contributed by atoms with Crippen molar-refractivity contribution in [1.29, 1.82) is 0 Å². The molecule has 0 aromatic heterocycles. The second-order valence-electron chi connectivity index (χ2n) is 25.0. The fraction of sp³-hybridized carbons (Fsp3) is 0.244. The van der Waals surface area contributed by atoms with E-state index in [-0.39, 0.29) is 0 Å². The number of aryl methyl sites for hydroxylation is 16. The van der Waals surface area contributed by atoms with Crippen LogP contribution in [-0.4, -0.2) is 0 Å². The average molecular weight is 1190 g/mol. The Morgan fingerprint density at radius 2 is 0.378 bits per heavy atom. The fourth-order valence-corrected chi connectivity index (χ4v) is 10.7. The minimum atomic E-state index is 1.29. The summed E-state index contributed by atoms with van der Waals surface area (Å²) >= 11 is 0. The van der Waals surface area contributed by atoms with Gasteiger partial charge in [-0.2, -0.15) is 0 Å². The molecule has 0 heterocycles. The predicted octanol–water partition coefficient (Wildman–Crippen LogP) is 25.9. The van der Waals surface area contributed by atoms with E-state index in [4.69, 9.17) is 0 Å². The molecule has 0 atom stereocenters. The zero-order valence-electron chi connectivity index (χ0n) is 58.9. The standard InChI is InChI=1S/2C14H14.2C12H12.C12H18.C10H14.2C8H10/c1-11-3-7-13(8-4-11)14-9-5-12(2)6-10-14;1-11-8-12(2)10-14(9-11)13-6-4-3-5-7-13;1-9-5-3-8-12-10(2)6-4-7-11(9)12;1-9-7-8-10(2)12-6-4-3-5-11(9)12;1-7-8(2)10(4)12(6)11(5)9(7)3;1-7-5-9(3)10(4)6-8(7)2;1-7-3-5-8(2)6-4-7;1-7-4-3-5-8(2)6-7/h2*3-10H,1-2H3;2*3-8H,1-2H3;1-6H3;5-6H,1-4H3;2*3-6H,1-2H3. The van der Waals surface area contributed by atoms with E-state index in [9.17, 15) is 0 Å². The zero-order valence-corrected chi connectivity index (χ0v) is 58.9. The van der Waals surface area contributed by atoms with Crippen molar-refractivity contribution in [3.05, 3.63) is 353 Å². The highest BCUT2D eigenvalue weighted by atomic mass is 14.1. The van der Waals surface area contributed by atoms with E-state index in [1.807, 2.05) is 6.07 Å². The lowest BCUT2D eigenvalue weighted by Crippen LogP contribution is -1.98. The van der Waals surface area contributed by atoms with Crippen molar-refractivity contribution in [2.75, 3.05) is 0 Å². The molecule has 0 N–H and O–H groups in total. The van der Waals surface area contributed by atoms with Crippen molar-refractivity contribution in [2.45, 2.75) is 152 Å². The van der Waals surface area contributed by atoms with E-state index >= 15 is 0 Å². The van der Waals surface area contributed by atoms with E-state index in [0.29, 0.717) is 0 Å². The number of rotatable bonds is 2. The summed E-state index contributed by atoms with van der Waals surface area (Å²) < 4.78 is 0. The highest BCUT2D eigenvalue weighted by molar-refractivity contribution is 5.89. The second-order valence-corrected chi connectivity index (χ2v) is 25.0. The lowest BCUT2D eigenvalue weighted by molar-refractivity contribution is 1.13. The predicted molar refractivity (Wildman–Crippen MR) is 402 cm³/mol. The summed E-state index contributed by atoms with van der Waals surface area (Å²) in [5.74, 6) is 0. The Hall–Kier alpha value is -8.84. The first kappa shape index (κ1) is 71.9. The molecule has 0 bridgehead atoms. The third-order valence-electron chi connectivity index (χ3n) is 17.4. The molecule has 0 radical (unpaired) electrons. The van der Waals surface area contributed by atoms with Crippen LogP contribution in [0, 0.1) is 152 Å². The van der Waals surface area contributed by atoms with Crippen LogP contribution in [0.15, 0.2) is 231 Å². The van der Waals surface area contributed by atoms with Crippen LogP contribution in [0.5, 0.6) is 0 Å². The van der Waals surface area contributed by atoms with Crippen molar-refractivity contribution >= 4 is 21.5 Å². The molecule has 0 aliphatic rings. The summed E-state index contributed by atoms with van der Waals surface area (Å²) in [6, 6.07) is 81.6. The second kappa shape index (κ2) is 35.4. The van der Waals surface area contributed by atoms with Crippen LogP contribution in [0.3, 0.4) is 0 Å². The highest BCUT2D eigenvalue weighted by Gasteiger charge is 2.08. The first-order valence-corrected chi connectivity index (χ1v) is 32.1. The van der Waals surface area contributed by atoms with Gasteiger partial charge in [-0.3, -0.25) is 0 Å². The first-order chi connectivity index (χ1) is 42.7. The Morgan fingerprint density at radius 1 is 0.133 bits per heavy atom. The van der Waals surface area contributed by atoms with Crippen molar-refractivity contribution in [3.8, 4) is 22.3 Å². The van der Waals surface area contributed by atoms with Gasteiger partial charge in [-0.1, -0.05) is 275 Å². The van der Waals surface area contributed by atoms with Gasteiger partial charge in [-0.15, -0.1) is 0 Å². The van der Waals surface area contributed by atoms with E-state index in [1.54, 1.807) is 0 Å². The van der Waals surface area contributed by atoms with Crippen molar-refractivity contribution in [3.63, 3.8) is 0 Å². The molecule has 0 saturated heterocycles. The monoisotopic (exact) mass is 1180 g/mol. The Labute approximate surface area is 545 Å². The number of fused-ring (bicyclic) bond motifs is 2. The van der Waals surface area contributed by atoms with Crippen LogP contribution in [0.2, 0.25) is 0 Å². The third-order valence-corrected chi connectivity index (χ3v) is 17.4. The maximum Gasteiger partial charge on any atom is -0.0152 e. The zero-order chi connectivity index (χ0) is 66.2. The van der Waals surface area contributed by atoms with E-state index in [1.165, 1.54) is 166 Å². The van der Waals surface area contributed by atoms with E-state index in [2.05, 4.69) is 377 Å². The minimum absolute atomic E-state index is 1.29. The molecule has 12 rings (SSSR count). The Bertz CT molecular complexity index is 3810. The maximum atomic E-state index is 2.24. The quantitative estimate of drug-likeness (QED) is 0.162. The molecular formula is C90H104. The molecule has 12 aromatic rings. The van der Waals surface area contributed by atoms with Crippen LogP contribution in [0.4, 0.5) is 0 Å². The van der Waals surface area contributed by atoms with Crippen LogP contribution in [-0.2, 0) is 0 Å². The molecule has 464 valence electrons. The largest absolute Gasteiger partial charge is 0.0622 e. The summed E-state index contributed by atoms with van der Waals surface area (Å²) in [5, 5.41) is 5.49. The van der Waals surface area contributed by atoms with Crippen LogP contribution in [0.1, 0.15) is 122 Å². The summed E-state index contributed by atoms with van der Waals surface area (Å²) in [6.45, 7) is 47.4. The van der Waals surface area contributed by atoms with Crippen LogP contribution >= 0.6 is 0 Å². The summed E-state index contributed by atoms with van der Waals surface area (Å²) in [4.78, 5) is 0. The van der Waals surface area contributed by atoms with E-state index < -0.39 is 0 Å². The summed E-state index contributed by atoms with van der Waals surface area (Å²) in [7, 11) is 0. The lowest BCUT2D eigenvalue weighted by Gasteiger charge is -2.15. The maximum absolute atomic E-state index is 2.24. The van der Waals surface area contributed by atoms with Gasteiger partial charge in [0.1, 0.15) is 0 Å². The van der Waals surface area contributed by atoms with Gasteiger partial charge in [0.25, 0.3) is 0 Å². The normalized spacial score (nSPS) is 10.1. The molecule has 12 aromatic carbocycles. The summed E-state index contributed by atoms with van der Waals surface area (Å²) in [6.07, 6.45) is 0. The average Bonchev–Trinajstić information content (AvgIpc) is 3.59. The van der Waals surface area contributed by atoms with Crippen LogP contribution < -0.4 is 0 Å². The SMILES string of the molecule is Cc1c(C)c(C)c(C)c(C)c1C.Cc1cc(C)c(C)cc1C.Cc1cc(C)cc(-c2ccccc2)c1.Cc1ccc(-c2ccc(C)cc2)cc1.Cc1ccc(C)c2ccccc12.Cc1ccc(C)cc1.Cc1cccc(C)c1.Cc1cccc2c(C)cccc12. The molecule has 0 saturated carbocycles. The smallest absolute Gasteiger partial charge is 0.0152 e. The van der Waals surface area contributed by atoms with Crippen molar-refractivity contribution in [2.24, 2.45) is 0 Å². The Balaban J connectivity index is 0.000000188. The van der Waals surface area contributed by atoms with Crippen molar-refractivity contribution < 1.29 is 0 Å². The highest BCUT2D eigenvalue weighted by Crippen LogP contribution is 2.27. The first-order valence-electron chi connectivity index (χ1n) is 32.1. The molecule has 0 amide bonds. The van der Waals surface area contributed by atoms with Gasteiger partial charge >= 0.3 is 0 Å². The van der Waals surface area contributed by atoms with Crippen LogP contribution in [0.25, 0.3) is 43.8 Å². The molecule has 0 spiro atoms. The minimum Gasteiger partial charge on any atom is -0.0622 e. The summed E-state index contributed by atoms with van der Waals surface area (Å²) in [5.41, 5.74) is 35.5. The molecule has 0 heteroatoms. The lowest BCUT2D eigenvalue weighted by atomic mass is 9.90. The van der Waals surface area contributed by atoms with E-state index in [0.717, 1.165) is 0 Å². The molecule has 90 heavy (non-hydrogen) atoms.